The fraction of sp³-hybridized carbons (Fsp3) is 0.533. The number of carbonyl (C=O) groups excluding carboxylic acids is 1. The molecule has 20 heavy (non-hydrogen) atoms. The normalized spacial score (nSPS) is 15.4. The molecule has 0 aliphatic heterocycles. The number of ether oxygens (including phenoxy) is 2. The molecule has 1 saturated carbocycles. The van der Waals surface area contributed by atoms with Crippen molar-refractivity contribution in [3.05, 3.63) is 17.7 Å². The maximum atomic E-state index is 12.0. The average molecular weight is 278 g/mol. The second-order valence-electron chi connectivity index (χ2n) is 5.17. The summed E-state index contributed by atoms with van der Waals surface area (Å²) in [5, 5.41) is 6.21. The molecule has 0 aromatic heterocycles. The Bertz CT molecular complexity index is 498. The average Bonchev–Trinajstić information content (AvgIpc) is 3.24. The van der Waals surface area contributed by atoms with Gasteiger partial charge in [-0.1, -0.05) is 0 Å². The molecule has 1 amide bonds. The van der Waals surface area contributed by atoms with E-state index in [1.54, 1.807) is 14.2 Å². The van der Waals surface area contributed by atoms with Crippen LogP contribution in [0.3, 0.4) is 0 Å². The lowest BCUT2D eigenvalue weighted by atomic mass is 10.1. The number of carbonyl (C=O) groups is 1. The van der Waals surface area contributed by atoms with E-state index in [-0.39, 0.29) is 11.9 Å². The number of hydrogen-bond acceptors (Lipinski definition) is 4. The van der Waals surface area contributed by atoms with Crippen LogP contribution in [0.15, 0.2) is 12.1 Å². The molecule has 1 fully saturated rings. The Morgan fingerprint density at radius 3 is 2.40 bits per heavy atom. The van der Waals surface area contributed by atoms with E-state index in [9.17, 15) is 4.79 Å². The molecule has 1 aliphatic rings. The summed E-state index contributed by atoms with van der Waals surface area (Å²) in [5.41, 5.74) is 1.88. The zero-order valence-electron chi connectivity index (χ0n) is 12.4. The minimum Gasteiger partial charge on any atom is -0.493 e. The highest BCUT2D eigenvalue weighted by molar-refractivity contribution is 5.85. The highest BCUT2D eigenvalue weighted by atomic mass is 16.5. The van der Waals surface area contributed by atoms with Gasteiger partial charge in [-0.3, -0.25) is 4.79 Å². The third-order valence-electron chi connectivity index (χ3n) is 3.42. The summed E-state index contributed by atoms with van der Waals surface area (Å²) in [5.74, 6) is 1.36. The lowest BCUT2D eigenvalue weighted by molar-refractivity contribution is -0.121. The van der Waals surface area contributed by atoms with Crippen molar-refractivity contribution in [1.82, 2.24) is 5.32 Å². The van der Waals surface area contributed by atoms with Crippen molar-refractivity contribution in [3.63, 3.8) is 0 Å². The molecular formula is C15H22N2O3. The molecule has 2 N–H and O–H groups in total. The molecule has 110 valence electrons. The minimum atomic E-state index is -0.285. The Kier molecular flexibility index (Phi) is 4.37. The summed E-state index contributed by atoms with van der Waals surface area (Å²) in [7, 11) is 3.20. The van der Waals surface area contributed by atoms with Gasteiger partial charge in [-0.15, -0.1) is 0 Å². The van der Waals surface area contributed by atoms with Crippen LogP contribution in [0.4, 0.5) is 5.69 Å². The van der Waals surface area contributed by atoms with Gasteiger partial charge in [0.05, 0.1) is 14.2 Å². The van der Waals surface area contributed by atoms with Gasteiger partial charge in [-0.25, -0.2) is 0 Å². The predicted molar refractivity (Wildman–Crippen MR) is 78.5 cm³/mol. The van der Waals surface area contributed by atoms with Crippen molar-refractivity contribution in [2.45, 2.75) is 38.8 Å². The Hall–Kier alpha value is -1.91. The Labute approximate surface area is 119 Å². The van der Waals surface area contributed by atoms with Crippen molar-refractivity contribution < 1.29 is 14.3 Å². The van der Waals surface area contributed by atoms with Gasteiger partial charge in [0, 0.05) is 17.8 Å². The van der Waals surface area contributed by atoms with E-state index in [2.05, 4.69) is 10.6 Å². The van der Waals surface area contributed by atoms with Crippen LogP contribution in [0.1, 0.15) is 25.3 Å². The van der Waals surface area contributed by atoms with Crippen LogP contribution in [0.5, 0.6) is 11.5 Å². The molecule has 5 heteroatoms. The maximum absolute atomic E-state index is 12.0. The molecule has 1 aromatic carbocycles. The van der Waals surface area contributed by atoms with Crippen LogP contribution in [-0.2, 0) is 4.79 Å². The number of methoxy groups -OCH3 is 2. The highest BCUT2D eigenvalue weighted by Crippen LogP contribution is 2.33. The molecule has 0 bridgehead atoms. The molecule has 1 aliphatic carbocycles. The Morgan fingerprint density at radius 2 is 1.85 bits per heavy atom. The summed E-state index contributed by atoms with van der Waals surface area (Å²) < 4.78 is 10.5. The second kappa shape index (κ2) is 6.03. The summed E-state index contributed by atoms with van der Waals surface area (Å²) >= 11 is 0. The number of nitrogens with one attached hydrogen (secondary N) is 2. The van der Waals surface area contributed by atoms with Gasteiger partial charge < -0.3 is 20.1 Å². The molecule has 0 heterocycles. The Morgan fingerprint density at radius 1 is 1.25 bits per heavy atom. The first kappa shape index (κ1) is 14.5. The van der Waals surface area contributed by atoms with Gasteiger partial charge in [0.1, 0.15) is 6.04 Å². The van der Waals surface area contributed by atoms with Crippen molar-refractivity contribution in [3.8, 4) is 11.5 Å². The quantitative estimate of drug-likeness (QED) is 0.836. The van der Waals surface area contributed by atoms with Crippen molar-refractivity contribution in [2.75, 3.05) is 19.5 Å². The van der Waals surface area contributed by atoms with Crippen LogP contribution < -0.4 is 20.1 Å². The van der Waals surface area contributed by atoms with E-state index >= 15 is 0 Å². The summed E-state index contributed by atoms with van der Waals surface area (Å²) in [6.07, 6.45) is 2.18. The number of rotatable bonds is 6. The molecule has 2 rings (SSSR count). The van der Waals surface area contributed by atoms with Gasteiger partial charge in [0.15, 0.2) is 11.5 Å². The fourth-order valence-corrected chi connectivity index (χ4v) is 1.99. The zero-order valence-corrected chi connectivity index (χ0v) is 12.4. The van der Waals surface area contributed by atoms with E-state index in [4.69, 9.17) is 9.47 Å². The van der Waals surface area contributed by atoms with Crippen LogP contribution in [-0.4, -0.2) is 32.2 Å². The topological polar surface area (TPSA) is 59.6 Å². The first-order valence-corrected chi connectivity index (χ1v) is 6.84. The van der Waals surface area contributed by atoms with Gasteiger partial charge >= 0.3 is 0 Å². The first-order valence-electron chi connectivity index (χ1n) is 6.84. The molecule has 0 saturated heterocycles. The smallest absolute Gasteiger partial charge is 0.242 e. The number of amides is 1. The standard InChI is InChI=1S/C15H22N2O3/c1-9-7-13(19-3)14(20-4)8-12(9)16-10(2)15(18)17-11-5-6-11/h7-8,10-11,16H,5-6H2,1-4H3,(H,17,18)/t10-/m0/s1. The van der Waals surface area contributed by atoms with E-state index < -0.39 is 0 Å². The number of hydrogen-bond donors (Lipinski definition) is 2. The molecule has 0 radical (unpaired) electrons. The lowest BCUT2D eigenvalue weighted by Crippen LogP contribution is -2.38. The number of aryl methyl sites for hydroxylation is 1. The third-order valence-corrected chi connectivity index (χ3v) is 3.42. The minimum absolute atomic E-state index is 0.0293. The molecule has 5 nitrogen and oxygen atoms in total. The SMILES string of the molecule is COc1cc(C)c(N[C@@H](C)C(=O)NC2CC2)cc1OC. The zero-order chi connectivity index (χ0) is 14.7. The van der Waals surface area contributed by atoms with E-state index in [1.165, 1.54) is 0 Å². The van der Waals surface area contributed by atoms with E-state index in [1.807, 2.05) is 26.0 Å². The first-order chi connectivity index (χ1) is 9.55. The number of benzene rings is 1. The fourth-order valence-electron chi connectivity index (χ4n) is 1.99. The van der Waals surface area contributed by atoms with Crippen molar-refractivity contribution in [2.24, 2.45) is 0 Å². The lowest BCUT2D eigenvalue weighted by Gasteiger charge is -2.18. The second-order valence-corrected chi connectivity index (χ2v) is 5.17. The van der Waals surface area contributed by atoms with Gasteiger partial charge in [0.25, 0.3) is 0 Å². The predicted octanol–water partition coefficient (Wildman–Crippen LogP) is 2.09. The van der Waals surface area contributed by atoms with Gasteiger partial charge in [0.2, 0.25) is 5.91 Å². The largest absolute Gasteiger partial charge is 0.493 e. The Balaban J connectivity index is 2.09. The van der Waals surface area contributed by atoms with Gasteiger partial charge in [-0.2, -0.15) is 0 Å². The summed E-state index contributed by atoms with van der Waals surface area (Å²) in [6.45, 7) is 3.82. The molecular weight excluding hydrogens is 256 g/mol. The van der Waals surface area contributed by atoms with E-state index in [0.717, 1.165) is 24.1 Å². The van der Waals surface area contributed by atoms with Crippen LogP contribution >= 0.6 is 0 Å². The molecule has 0 unspecified atom stereocenters. The maximum Gasteiger partial charge on any atom is 0.242 e. The van der Waals surface area contributed by atoms with Crippen LogP contribution in [0.25, 0.3) is 0 Å². The molecule has 0 spiro atoms. The highest BCUT2D eigenvalue weighted by Gasteiger charge is 2.25. The monoisotopic (exact) mass is 278 g/mol. The molecule has 1 atom stereocenters. The van der Waals surface area contributed by atoms with E-state index in [0.29, 0.717) is 17.5 Å². The summed E-state index contributed by atoms with van der Waals surface area (Å²) in [6, 6.07) is 3.84. The van der Waals surface area contributed by atoms with Crippen LogP contribution in [0, 0.1) is 6.92 Å². The van der Waals surface area contributed by atoms with Crippen molar-refractivity contribution >= 4 is 11.6 Å². The van der Waals surface area contributed by atoms with Crippen molar-refractivity contribution in [1.29, 1.82) is 0 Å². The van der Waals surface area contributed by atoms with Gasteiger partial charge in [-0.05, 0) is 38.3 Å². The third kappa shape index (κ3) is 3.35. The van der Waals surface area contributed by atoms with Crippen LogP contribution in [0.2, 0.25) is 0 Å². The number of anilines is 1. The summed E-state index contributed by atoms with van der Waals surface area (Å²) in [4.78, 5) is 12.0. The molecule has 1 aromatic rings.